The van der Waals surface area contributed by atoms with Crippen LogP contribution in [0.1, 0.15) is 0 Å². The number of aromatic hydroxyl groups is 2. The van der Waals surface area contributed by atoms with Crippen molar-refractivity contribution in [1.29, 1.82) is 0 Å². The summed E-state index contributed by atoms with van der Waals surface area (Å²) in [6.45, 7) is 0. The number of benzene rings is 9. The average Bonchev–Trinajstić information content (AvgIpc) is 3.48. The van der Waals surface area contributed by atoms with E-state index >= 15 is 0 Å². The molecule has 26 nitrogen and oxygen atoms in total. The van der Waals surface area contributed by atoms with Crippen LogP contribution in [-0.4, -0.2) is 93.4 Å². The van der Waals surface area contributed by atoms with E-state index in [2.05, 4.69) is 56.1 Å². The number of sulfone groups is 1. The van der Waals surface area contributed by atoms with Gasteiger partial charge in [-0.05, 0) is 88.3 Å². The molecule has 1 aromatic heterocycles. The highest BCUT2D eigenvalue weighted by Crippen LogP contribution is 2.48. The van der Waals surface area contributed by atoms with Gasteiger partial charge in [-0.15, -0.1) is 20.5 Å². The van der Waals surface area contributed by atoms with E-state index in [1.165, 1.54) is 30.3 Å². The standard InChI is InChI=1S/C51H39N11O15S5/c1-78(65,66)41-22-29-20-33(80(69,70)71)25-39(43(29)47(63)45(41)60-58-37-18-7-12-27-10-3-5-16-35(27)37)53-50-55-49(52-31-14-9-15-32(24-31)62-79(2,67)68)56-51(57-50)54-40-26-34(81(72,73)74)21-30-23-42(82(75,76)77)46(48(64)44(30)40)61-59-38-19-8-13-28-11-4-6-17-36(28)38/h3-26,62-64H,1-2H3,(H,69,70,71)(H,72,73,74)(H,75,76,77)(H3,52,53,54,55,56,57)/b60-58+,61-59?. The number of phenolic OH excluding ortho intramolecular Hbond substituents is 2. The summed E-state index contributed by atoms with van der Waals surface area (Å²) in [5, 5.41) is 50.3. The van der Waals surface area contributed by atoms with Crippen molar-refractivity contribution in [3.63, 3.8) is 0 Å². The molecule has 31 heteroatoms. The normalized spacial score (nSPS) is 12.7. The van der Waals surface area contributed by atoms with Gasteiger partial charge in [-0.2, -0.15) is 40.2 Å². The van der Waals surface area contributed by atoms with Crippen LogP contribution >= 0.6 is 0 Å². The lowest BCUT2D eigenvalue weighted by molar-refractivity contribution is 0.472. The SMILES string of the molecule is CS(=O)(=O)Nc1cccc(Nc2nc(Nc3cc(S(=O)(=O)O)cc4cc(S(=O)(=O)O)c(N=Nc5cccc6ccccc56)c(O)c34)nc(Nc3cc(S(=O)(=O)O)cc4cc(S(C)(=O)=O)c(/N=N/c5cccc6ccccc56)c(O)c34)n2)c1. The van der Waals surface area contributed by atoms with Gasteiger partial charge < -0.3 is 26.2 Å². The van der Waals surface area contributed by atoms with Gasteiger partial charge in [0, 0.05) is 33.5 Å². The molecule has 0 aliphatic carbocycles. The van der Waals surface area contributed by atoms with Gasteiger partial charge in [0.05, 0.1) is 49.4 Å². The minimum atomic E-state index is -5.31. The second-order valence-electron chi connectivity index (χ2n) is 18.0. The molecule has 0 radical (unpaired) electrons. The molecule has 0 unspecified atom stereocenters. The molecular weight excluding hydrogens is 1170 g/mol. The van der Waals surface area contributed by atoms with E-state index in [0.29, 0.717) is 16.2 Å². The first-order chi connectivity index (χ1) is 38.6. The van der Waals surface area contributed by atoms with Gasteiger partial charge in [0.15, 0.2) is 21.3 Å². The molecule has 418 valence electrons. The van der Waals surface area contributed by atoms with Crippen LogP contribution in [0, 0.1) is 0 Å². The van der Waals surface area contributed by atoms with E-state index < -0.39 is 133 Å². The lowest BCUT2D eigenvalue weighted by Crippen LogP contribution is -2.10. The van der Waals surface area contributed by atoms with E-state index in [-0.39, 0.29) is 33.5 Å². The Morgan fingerprint density at radius 3 is 1.28 bits per heavy atom. The maximum Gasteiger partial charge on any atom is 0.296 e. The first kappa shape index (κ1) is 56.0. The lowest BCUT2D eigenvalue weighted by Gasteiger charge is -2.17. The van der Waals surface area contributed by atoms with Gasteiger partial charge in [-0.25, -0.2) is 16.8 Å². The first-order valence-corrected chi connectivity index (χ1v) is 31.4. The molecule has 0 fully saturated rings. The Hall–Kier alpha value is -9.34. The van der Waals surface area contributed by atoms with Crippen molar-refractivity contribution in [2.75, 3.05) is 33.2 Å². The summed E-state index contributed by atoms with van der Waals surface area (Å²) in [7, 11) is -23.8. The smallest absolute Gasteiger partial charge is 0.296 e. The highest BCUT2D eigenvalue weighted by atomic mass is 32.2. The second kappa shape index (κ2) is 21.0. The van der Waals surface area contributed by atoms with Crippen LogP contribution in [0.2, 0.25) is 0 Å². The van der Waals surface area contributed by atoms with Crippen molar-refractivity contribution in [3.8, 4) is 11.5 Å². The summed E-state index contributed by atoms with van der Waals surface area (Å²) in [4.78, 5) is 9.73. The van der Waals surface area contributed by atoms with Crippen molar-refractivity contribution < 1.29 is 66.0 Å². The third-order valence-electron chi connectivity index (χ3n) is 12.1. The average molecular weight is 1210 g/mol. The third kappa shape index (κ3) is 11.9. The molecule has 9 aromatic carbocycles. The molecule has 10 rings (SSSR count). The number of hydrogen-bond acceptors (Lipinski definition) is 22. The van der Waals surface area contributed by atoms with Crippen LogP contribution in [0.5, 0.6) is 11.5 Å². The molecule has 0 spiro atoms. The first-order valence-electron chi connectivity index (χ1n) is 23.3. The summed E-state index contributed by atoms with van der Waals surface area (Å²) in [6.07, 6.45) is 1.71. The predicted molar refractivity (Wildman–Crippen MR) is 305 cm³/mol. The van der Waals surface area contributed by atoms with E-state index in [1.54, 1.807) is 78.9 Å². The van der Waals surface area contributed by atoms with E-state index in [0.717, 1.165) is 54.3 Å². The molecule has 0 atom stereocenters. The highest BCUT2D eigenvalue weighted by molar-refractivity contribution is 7.92. The molecular formula is C51H39N11O15S5. The second-order valence-corrected chi connectivity index (χ2v) is 26.0. The van der Waals surface area contributed by atoms with Gasteiger partial charge in [-0.1, -0.05) is 78.9 Å². The summed E-state index contributed by atoms with van der Waals surface area (Å²) in [5.41, 5.74) is -1.75. The maximum absolute atomic E-state index is 13.4. The number of fused-ring (bicyclic) bond motifs is 4. The monoisotopic (exact) mass is 1210 g/mol. The van der Waals surface area contributed by atoms with Crippen LogP contribution in [0.3, 0.4) is 0 Å². The van der Waals surface area contributed by atoms with Crippen molar-refractivity contribution in [3.05, 3.63) is 146 Å². The molecule has 82 heavy (non-hydrogen) atoms. The minimum Gasteiger partial charge on any atom is -0.505 e. The molecule has 0 aliphatic heterocycles. The Balaban J connectivity index is 1.18. The zero-order valence-corrected chi connectivity index (χ0v) is 45.9. The van der Waals surface area contributed by atoms with Crippen LogP contribution in [0.4, 0.5) is 63.3 Å². The highest BCUT2D eigenvalue weighted by Gasteiger charge is 2.28. The van der Waals surface area contributed by atoms with E-state index in [4.69, 9.17) is 0 Å². The van der Waals surface area contributed by atoms with Crippen LogP contribution < -0.4 is 20.7 Å². The number of phenols is 2. The summed E-state index contributed by atoms with van der Waals surface area (Å²) >= 11 is 0. The predicted octanol–water partition coefficient (Wildman–Crippen LogP) is 10.5. The summed E-state index contributed by atoms with van der Waals surface area (Å²) < 4.78 is 162. The number of rotatable bonds is 16. The van der Waals surface area contributed by atoms with Crippen molar-refractivity contribution in [2.45, 2.75) is 19.6 Å². The lowest BCUT2D eigenvalue weighted by atomic mass is 10.1. The molecule has 0 saturated heterocycles. The summed E-state index contributed by atoms with van der Waals surface area (Å²) in [5.74, 6) is -3.56. The van der Waals surface area contributed by atoms with Gasteiger partial charge >= 0.3 is 0 Å². The number of nitrogens with zero attached hydrogens (tertiary/aromatic N) is 7. The van der Waals surface area contributed by atoms with Crippen molar-refractivity contribution >= 4 is 157 Å². The Labute approximate surface area is 465 Å². The molecule has 0 saturated carbocycles. The fraction of sp³-hybridized carbons (Fsp3) is 0.0392. The fourth-order valence-electron chi connectivity index (χ4n) is 8.67. The largest absolute Gasteiger partial charge is 0.505 e. The quantitative estimate of drug-likeness (QED) is 0.0320. The molecule has 0 amide bonds. The Morgan fingerprint density at radius 2 is 0.829 bits per heavy atom. The third-order valence-corrected chi connectivity index (χ3v) is 16.4. The number of sulfonamides is 1. The van der Waals surface area contributed by atoms with Crippen LogP contribution in [-0.2, 0) is 50.2 Å². The fourth-order valence-corrected chi connectivity index (χ4v) is 11.8. The number of anilines is 7. The van der Waals surface area contributed by atoms with Gasteiger partial charge in [0.1, 0.15) is 16.3 Å². The van der Waals surface area contributed by atoms with E-state index in [1.807, 2.05) is 0 Å². The van der Waals surface area contributed by atoms with Gasteiger partial charge in [-0.3, -0.25) is 18.4 Å². The van der Waals surface area contributed by atoms with Gasteiger partial charge in [0.25, 0.3) is 30.4 Å². The zero-order chi connectivity index (χ0) is 58.7. The number of aromatic nitrogens is 3. The number of hydrogen-bond donors (Lipinski definition) is 9. The summed E-state index contributed by atoms with van der Waals surface area (Å²) in [6, 6.07) is 34.6. The van der Waals surface area contributed by atoms with Crippen molar-refractivity contribution in [2.24, 2.45) is 20.5 Å². The van der Waals surface area contributed by atoms with Gasteiger partial charge in [0.2, 0.25) is 27.9 Å². The Kier molecular flexibility index (Phi) is 14.3. The van der Waals surface area contributed by atoms with E-state index in [9.17, 15) is 66.0 Å². The Morgan fingerprint density at radius 1 is 0.415 bits per heavy atom. The molecule has 0 aliphatic rings. The Bertz CT molecular complexity index is 4730. The number of nitrogens with one attached hydrogen (secondary N) is 4. The number of azo groups is 2. The zero-order valence-electron chi connectivity index (χ0n) is 41.8. The molecule has 9 N–H and O–H groups in total. The van der Waals surface area contributed by atoms with Crippen LogP contribution in [0.15, 0.2) is 186 Å². The topological polar surface area (TPSA) is 408 Å². The van der Waals surface area contributed by atoms with Crippen molar-refractivity contribution in [1.82, 2.24) is 15.0 Å². The molecule has 1 heterocycles. The molecule has 10 aromatic rings. The maximum atomic E-state index is 13.4. The van der Waals surface area contributed by atoms with Crippen LogP contribution in [0.25, 0.3) is 43.1 Å². The minimum absolute atomic E-state index is 0.0609. The molecule has 0 bridgehead atoms.